The first-order valence-corrected chi connectivity index (χ1v) is 9.87. The Bertz CT molecular complexity index is 652. The second-order valence-electron chi connectivity index (χ2n) is 8.68. The van der Waals surface area contributed by atoms with Crippen molar-refractivity contribution in [3.05, 3.63) is 18.0 Å². The van der Waals surface area contributed by atoms with E-state index in [0.717, 1.165) is 38.4 Å². The number of likely N-dealkylation sites (tertiary alicyclic amines) is 1. The molecule has 2 heterocycles. The average molecular weight is 362 g/mol. The van der Waals surface area contributed by atoms with Crippen LogP contribution in [-0.2, 0) is 18.2 Å². The molecular formula is C20H35N5O. The van der Waals surface area contributed by atoms with E-state index in [1.165, 1.54) is 12.0 Å². The topological polar surface area (TPSA) is 54.7 Å². The first kappa shape index (κ1) is 19.2. The van der Waals surface area contributed by atoms with E-state index in [4.69, 9.17) is 9.73 Å². The van der Waals surface area contributed by atoms with Gasteiger partial charge in [0.15, 0.2) is 5.96 Å². The van der Waals surface area contributed by atoms with Gasteiger partial charge < -0.3 is 15.0 Å². The van der Waals surface area contributed by atoms with Crippen molar-refractivity contribution in [1.82, 2.24) is 20.0 Å². The Labute approximate surface area is 158 Å². The molecule has 1 aromatic heterocycles. The fourth-order valence-electron chi connectivity index (χ4n) is 4.37. The molecular weight excluding hydrogens is 326 g/mol. The number of hydrogen-bond acceptors (Lipinski definition) is 3. The van der Waals surface area contributed by atoms with Gasteiger partial charge in [0.05, 0.1) is 11.8 Å². The molecule has 6 nitrogen and oxygen atoms in total. The highest BCUT2D eigenvalue weighted by atomic mass is 16.5. The SMILES string of the molecule is CCN=C(NC1CC(C)(OC)C1(C)C)N1CCC(Cc2cnn(C)c2)C1. The molecule has 1 saturated carbocycles. The van der Waals surface area contributed by atoms with Crippen LogP contribution in [0.4, 0.5) is 0 Å². The number of methoxy groups -OCH3 is 1. The van der Waals surface area contributed by atoms with Gasteiger partial charge in [-0.3, -0.25) is 9.67 Å². The van der Waals surface area contributed by atoms with Crippen molar-refractivity contribution in [2.75, 3.05) is 26.7 Å². The van der Waals surface area contributed by atoms with Gasteiger partial charge in [0.25, 0.3) is 0 Å². The third-order valence-corrected chi connectivity index (χ3v) is 6.76. The Hall–Kier alpha value is -1.56. The van der Waals surface area contributed by atoms with Crippen LogP contribution in [0.15, 0.2) is 17.4 Å². The summed E-state index contributed by atoms with van der Waals surface area (Å²) in [6, 6.07) is 0.398. The number of hydrogen-bond donors (Lipinski definition) is 1. The molecule has 0 spiro atoms. The minimum Gasteiger partial charge on any atom is -0.378 e. The Balaban J connectivity index is 1.60. The van der Waals surface area contributed by atoms with E-state index < -0.39 is 0 Å². The summed E-state index contributed by atoms with van der Waals surface area (Å²) in [5, 5.41) is 8.04. The van der Waals surface area contributed by atoms with Gasteiger partial charge in [-0.1, -0.05) is 13.8 Å². The number of ether oxygens (including phenoxy) is 1. The summed E-state index contributed by atoms with van der Waals surface area (Å²) >= 11 is 0. The van der Waals surface area contributed by atoms with Crippen LogP contribution in [0.25, 0.3) is 0 Å². The Morgan fingerprint density at radius 1 is 1.42 bits per heavy atom. The van der Waals surface area contributed by atoms with Gasteiger partial charge in [-0.05, 0) is 44.6 Å². The van der Waals surface area contributed by atoms with Gasteiger partial charge >= 0.3 is 0 Å². The molecule has 1 saturated heterocycles. The highest BCUT2D eigenvalue weighted by Crippen LogP contribution is 2.51. The number of guanidine groups is 1. The van der Waals surface area contributed by atoms with E-state index in [1.54, 1.807) is 0 Å². The van der Waals surface area contributed by atoms with E-state index in [1.807, 2.05) is 25.0 Å². The molecule has 3 atom stereocenters. The van der Waals surface area contributed by atoms with Crippen molar-refractivity contribution < 1.29 is 4.74 Å². The van der Waals surface area contributed by atoms with E-state index in [9.17, 15) is 0 Å². The Kier molecular flexibility index (Phi) is 5.33. The van der Waals surface area contributed by atoms with Crippen LogP contribution < -0.4 is 5.32 Å². The summed E-state index contributed by atoms with van der Waals surface area (Å²) in [5.41, 5.74) is 1.36. The smallest absolute Gasteiger partial charge is 0.194 e. The lowest BCUT2D eigenvalue weighted by molar-refractivity contribution is -0.176. The minimum atomic E-state index is -0.0597. The number of nitrogens with zero attached hydrogens (tertiary/aromatic N) is 4. The Morgan fingerprint density at radius 3 is 2.77 bits per heavy atom. The normalized spacial score (nSPS) is 31.2. The standard InChI is InChI=1S/C20H35N5O/c1-7-21-18(23-17-11-20(4,26-6)19(17,2)3)25-9-8-15(14-25)10-16-12-22-24(5)13-16/h12-13,15,17H,7-11,14H2,1-6H3,(H,21,23). The molecule has 1 aliphatic heterocycles. The van der Waals surface area contributed by atoms with E-state index in [2.05, 4.69) is 49.2 Å². The summed E-state index contributed by atoms with van der Waals surface area (Å²) in [7, 11) is 3.80. The van der Waals surface area contributed by atoms with Crippen molar-refractivity contribution >= 4 is 5.96 Å². The van der Waals surface area contributed by atoms with Gasteiger partial charge in [0.2, 0.25) is 0 Å². The average Bonchev–Trinajstić information content (AvgIpc) is 3.23. The van der Waals surface area contributed by atoms with Crippen LogP contribution in [0.3, 0.4) is 0 Å². The van der Waals surface area contributed by atoms with Crippen molar-refractivity contribution in [3.63, 3.8) is 0 Å². The Morgan fingerprint density at radius 2 is 2.19 bits per heavy atom. The molecule has 3 unspecified atom stereocenters. The summed E-state index contributed by atoms with van der Waals surface area (Å²) in [6.07, 6.45) is 7.45. The number of rotatable bonds is 5. The zero-order chi connectivity index (χ0) is 18.9. The molecule has 6 heteroatoms. The summed E-state index contributed by atoms with van der Waals surface area (Å²) in [5.74, 6) is 1.74. The number of aliphatic imine (C=N–C) groups is 1. The summed E-state index contributed by atoms with van der Waals surface area (Å²) in [4.78, 5) is 7.22. The second-order valence-corrected chi connectivity index (χ2v) is 8.68. The van der Waals surface area contributed by atoms with Crippen LogP contribution in [0, 0.1) is 11.3 Å². The van der Waals surface area contributed by atoms with Gasteiger partial charge in [-0.25, -0.2) is 0 Å². The van der Waals surface area contributed by atoms with Crippen LogP contribution in [0.2, 0.25) is 0 Å². The molecule has 0 bridgehead atoms. The molecule has 146 valence electrons. The third kappa shape index (κ3) is 3.48. The van der Waals surface area contributed by atoms with E-state index >= 15 is 0 Å². The fourth-order valence-corrected chi connectivity index (χ4v) is 4.37. The molecule has 26 heavy (non-hydrogen) atoms. The molecule has 1 aromatic rings. The predicted molar refractivity (Wildman–Crippen MR) is 105 cm³/mol. The van der Waals surface area contributed by atoms with E-state index in [-0.39, 0.29) is 11.0 Å². The number of nitrogens with one attached hydrogen (secondary N) is 1. The first-order chi connectivity index (χ1) is 12.3. The monoisotopic (exact) mass is 361 g/mol. The molecule has 2 fully saturated rings. The highest BCUT2D eigenvalue weighted by Gasteiger charge is 2.58. The van der Waals surface area contributed by atoms with Crippen molar-refractivity contribution in [2.24, 2.45) is 23.4 Å². The maximum Gasteiger partial charge on any atom is 0.194 e. The highest BCUT2D eigenvalue weighted by molar-refractivity contribution is 5.81. The lowest BCUT2D eigenvalue weighted by atomic mass is 9.56. The van der Waals surface area contributed by atoms with Crippen molar-refractivity contribution in [1.29, 1.82) is 0 Å². The third-order valence-electron chi connectivity index (χ3n) is 6.76. The molecule has 1 N–H and O–H groups in total. The molecule has 0 radical (unpaired) electrons. The number of aryl methyl sites for hydroxylation is 1. The first-order valence-electron chi connectivity index (χ1n) is 9.87. The van der Waals surface area contributed by atoms with Crippen LogP contribution in [0.1, 0.15) is 46.1 Å². The zero-order valence-electron chi connectivity index (χ0n) is 17.2. The lowest BCUT2D eigenvalue weighted by Gasteiger charge is -2.59. The fraction of sp³-hybridized carbons (Fsp3) is 0.800. The van der Waals surface area contributed by atoms with Gasteiger partial charge in [-0.15, -0.1) is 0 Å². The van der Waals surface area contributed by atoms with E-state index in [0.29, 0.717) is 12.0 Å². The van der Waals surface area contributed by atoms with Crippen LogP contribution in [-0.4, -0.2) is 59.0 Å². The minimum absolute atomic E-state index is 0.0597. The van der Waals surface area contributed by atoms with Crippen LogP contribution >= 0.6 is 0 Å². The van der Waals surface area contributed by atoms with Gasteiger partial charge in [0.1, 0.15) is 0 Å². The molecule has 0 amide bonds. The van der Waals surface area contributed by atoms with Crippen LogP contribution in [0.5, 0.6) is 0 Å². The summed E-state index contributed by atoms with van der Waals surface area (Å²) in [6.45, 7) is 11.8. The molecule has 1 aliphatic carbocycles. The van der Waals surface area contributed by atoms with Crippen molar-refractivity contribution in [3.8, 4) is 0 Å². The van der Waals surface area contributed by atoms with Crippen molar-refractivity contribution in [2.45, 2.75) is 58.6 Å². The zero-order valence-corrected chi connectivity index (χ0v) is 17.2. The quantitative estimate of drug-likeness (QED) is 0.647. The number of aromatic nitrogens is 2. The molecule has 3 rings (SSSR count). The van der Waals surface area contributed by atoms with Gasteiger partial charge in [-0.2, -0.15) is 5.10 Å². The lowest BCUT2D eigenvalue weighted by Crippen LogP contribution is -2.69. The molecule has 2 aliphatic rings. The predicted octanol–water partition coefficient (Wildman–Crippen LogP) is 2.45. The molecule has 0 aromatic carbocycles. The van der Waals surface area contributed by atoms with Gasteiger partial charge in [0, 0.05) is 51.4 Å². The second kappa shape index (κ2) is 7.22. The summed E-state index contributed by atoms with van der Waals surface area (Å²) < 4.78 is 7.66. The maximum atomic E-state index is 5.77. The largest absolute Gasteiger partial charge is 0.378 e. The maximum absolute atomic E-state index is 5.77.